The van der Waals surface area contributed by atoms with E-state index in [4.69, 9.17) is 11.5 Å². The van der Waals surface area contributed by atoms with E-state index in [1.54, 1.807) is 24.1 Å². The summed E-state index contributed by atoms with van der Waals surface area (Å²) >= 11 is 0. The summed E-state index contributed by atoms with van der Waals surface area (Å²) in [5, 5.41) is 3.26. The quantitative estimate of drug-likeness (QED) is 0.684. The van der Waals surface area contributed by atoms with Crippen molar-refractivity contribution in [3.63, 3.8) is 0 Å². The molecule has 0 aliphatic carbocycles. The van der Waals surface area contributed by atoms with Gasteiger partial charge in [0.1, 0.15) is 11.6 Å². The maximum Gasteiger partial charge on any atom is 0.222 e. The van der Waals surface area contributed by atoms with Gasteiger partial charge in [0.05, 0.1) is 5.69 Å². The number of nitrogens with one attached hydrogen (secondary N) is 1. The molecule has 0 saturated carbocycles. The fourth-order valence-electron chi connectivity index (χ4n) is 1.91. The van der Waals surface area contributed by atoms with Crippen molar-refractivity contribution in [2.45, 2.75) is 18.9 Å². The van der Waals surface area contributed by atoms with Gasteiger partial charge in [0.15, 0.2) is 0 Å². The summed E-state index contributed by atoms with van der Waals surface area (Å²) in [7, 11) is 1.81. The van der Waals surface area contributed by atoms with Crippen molar-refractivity contribution in [1.29, 1.82) is 0 Å². The number of nitrogen functional groups attached to an aromatic ring is 2. The third-order valence-corrected chi connectivity index (χ3v) is 2.94. The first-order chi connectivity index (χ1) is 8.06. The summed E-state index contributed by atoms with van der Waals surface area (Å²) in [6, 6.07) is 3.73. The highest BCUT2D eigenvalue weighted by molar-refractivity contribution is 5.77. The number of nitrogens with two attached hydrogens (primary N) is 2. The molecule has 0 radical (unpaired) electrons. The van der Waals surface area contributed by atoms with Crippen LogP contribution in [-0.4, -0.2) is 35.4 Å². The molecule has 1 aliphatic rings. The molecule has 1 fully saturated rings. The van der Waals surface area contributed by atoms with Crippen LogP contribution in [0.5, 0.6) is 0 Å². The van der Waals surface area contributed by atoms with Gasteiger partial charge >= 0.3 is 0 Å². The molecule has 6 heteroatoms. The van der Waals surface area contributed by atoms with E-state index in [0.717, 1.165) is 6.42 Å². The number of likely N-dealkylation sites (N-methyl/N-ethyl adjacent to an activating group) is 1. The van der Waals surface area contributed by atoms with Crippen molar-refractivity contribution >= 4 is 23.2 Å². The van der Waals surface area contributed by atoms with E-state index in [-0.39, 0.29) is 11.9 Å². The molecule has 1 saturated heterocycles. The molecular weight excluding hydrogens is 218 g/mol. The molecule has 0 aromatic carbocycles. The lowest BCUT2D eigenvalue weighted by Gasteiger charge is -2.30. The SMILES string of the molecule is CN1CC(Nc2ccc(N)c(N)n2)CCC1=O. The van der Waals surface area contributed by atoms with Crippen LogP contribution in [0.4, 0.5) is 17.3 Å². The molecule has 1 aromatic heterocycles. The molecule has 1 amide bonds. The summed E-state index contributed by atoms with van der Waals surface area (Å²) in [5.41, 5.74) is 11.7. The second-order valence-electron chi connectivity index (χ2n) is 4.33. The Bertz CT molecular complexity index is 434. The van der Waals surface area contributed by atoms with Gasteiger partial charge in [0, 0.05) is 26.1 Å². The monoisotopic (exact) mass is 235 g/mol. The zero-order chi connectivity index (χ0) is 12.4. The fraction of sp³-hybridized carbons (Fsp3) is 0.455. The third kappa shape index (κ3) is 2.58. The maximum atomic E-state index is 11.3. The van der Waals surface area contributed by atoms with Crippen LogP contribution in [0.2, 0.25) is 0 Å². The van der Waals surface area contributed by atoms with Gasteiger partial charge < -0.3 is 21.7 Å². The van der Waals surface area contributed by atoms with Crippen molar-refractivity contribution in [2.75, 3.05) is 30.4 Å². The lowest BCUT2D eigenvalue weighted by atomic mass is 10.1. The molecule has 92 valence electrons. The minimum Gasteiger partial charge on any atom is -0.396 e. The summed E-state index contributed by atoms with van der Waals surface area (Å²) in [6.45, 7) is 0.685. The lowest BCUT2D eigenvalue weighted by Crippen LogP contribution is -2.43. The number of pyridine rings is 1. The van der Waals surface area contributed by atoms with Crippen LogP contribution in [-0.2, 0) is 4.79 Å². The summed E-state index contributed by atoms with van der Waals surface area (Å²) in [5.74, 6) is 1.22. The van der Waals surface area contributed by atoms with Crippen LogP contribution < -0.4 is 16.8 Å². The molecule has 2 rings (SSSR count). The van der Waals surface area contributed by atoms with Crippen LogP contribution in [0.1, 0.15) is 12.8 Å². The molecule has 1 aliphatic heterocycles. The number of hydrogen-bond acceptors (Lipinski definition) is 5. The topological polar surface area (TPSA) is 97.3 Å². The van der Waals surface area contributed by atoms with Crippen LogP contribution >= 0.6 is 0 Å². The number of likely N-dealkylation sites (tertiary alicyclic amines) is 1. The molecular formula is C11H17N5O. The normalized spacial score (nSPS) is 20.4. The average Bonchev–Trinajstić information content (AvgIpc) is 2.29. The second-order valence-corrected chi connectivity index (χ2v) is 4.33. The molecule has 0 spiro atoms. The number of carbonyl (C=O) groups is 1. The van der Waals surface area contributed by atoms with Crippen LogP contribution in [0, 0.1) is 0 Å². The number of hydrogen-bond donors (Lipinski definition) is 3. The summed E-state index contributed by atoms with van der Waals surface area (Å²) < 4.78 is 0. The molecule has 1 unspecified atom stereocenters. The van der Waals surface area contributed by atoms with Gasteiger partial charge in [-0.25, -0.2) is 4.98 Å². The number of rotatable bonds is 2. The highest BCUT2D eigenvalue weighted by Gasteiger charge is 2.22. The van der Waals surface area contributed by atoms with E-state index in [1.807, 2.05) is 0 Å². The van der Waals surface area contributed by atoms with Crippen LogP contribution in [0.15, 0.2) is 12.1 Å². The Labute approximate surface area is 100.0 Å². The van der Waals surface area contributed by atoms with E-state index < -0.39 is 0 Å². The number of anilines is 3. The first-order valence-corrected chi connectivity index (χ1v) is 5.59. The number of carbonyl (C=O) groups excluding carboxylic acids is 1. The Kier molecular flexibility index (Phi) is 3.03. The minimum absolute atomic E-state index is 0.188. The Hall–Kier alpha value is -1.98. The smallest absolute Gasteiger partial charge is 0.222 e. The number of piperidine rings is 1. The highest BCUT2D eigenvalue weighted by Crippen LogP contribution is 2.18. The highest BCUT2D eigenvalue weighted by atomic mass is 16.2. The van der Waals surface area contributed by atoms with Crippen molar-refractivity contribution in [2.24, 2.45) is 0 Å². The van der Waals surface area contributed by atoms with E-state index in [0.29, 0.717) is 30.3 Å². The molecule has 0 bridgehead atoms. The van der Waals surface area contributed by atoms with Crippen molar-refractivity contribution in [3.8, 4) is 0 Å². The molecule has 17 heavy (non-hydrogen) atoms. The van der Waals surface area contributed by atoms with Gasteiger partial charge in [-0.3, -0.25) is 4.79 Å². The Morgan fingerprint density at radius 3 is 2.88 bits per heavy atom. The number of aromatic nitrogens is 1. The first kappa shape index (κ1) is 11.5. The molecule has 6 nitrogen and oxygen atoms in total. The minimum atomic E-state index is 0.188. The van der Waals surface area contributed by atoms with Gasteiger partial charge in [-0.2, -0.15) is 0 Å². The van der Waals surface area contributed by atoms with Gasteiger partial charge in [0.25, 0.3) is 0 Å². The van der Waals surface area contributed by atoms with Gasteiger partial charge in [-0.05, 0) is 18.6 Å². The Morgan fingerprint density at radius 2 is 2.24 bits per heavy atom. The van der Waals surface area contributed by atoms with Crippen molar-refractivity contribution < 1.29 is 4.79 Å². The van der Waals surface area contributed by atoms with Gasteiger partial charge in [-0.15, -0.1) is 0 Å². The molecule has 1 aromatic rings. The van der Waals surface area contributed by atoms with Crippen LogP contribution in [0.25, 0.3) is 0 Å². The van der Waals surface area contributed by atoms with Crippen molar-refractivity contribution in [3.05, 3.63) is 12.1 Å². The lowest BCUT2D eigenvalue weighted by molar-refractivity contribution is -0.132. The van der Waals surface area contributed by atoms with Crippen LogP contribution in [0.3, 0.4) is 0 Å². The standard InChI is InChI=1S/C11H17N5O/c1-16-6-7(2-5-10(16)17)14-9-4-3-8(12)11(13)15-9/h3-4,7H,2,5-6,12H2,1H3,(H3,13,14,15). The predicted molar refractivity (Wildman–Crippen MR) is 67.3 cm³/mol. The summed E-state index contributed by atoms with van der Waals surface area (Å²) in [6.07, 6.45) is 1.38. The maximum absolute atomic E-state index is 11.3. The van der Waals surface area contributed by atoms with E-state index in [9.17, 15) is 4.79 Å². The Morgan fingerprint density at radius 1 is 1.47 bits per heavy atom. The van der Waals surface area contributed by atoms with E-state index in [1.165, 1.54) is 0 Å². The largest absolute Gasteiger partial charge is 0.396 e. The number of amides is 1. The zero-order valence-electron chi connectivity index (χ0n) is 9.81. The average molecular weight is 235 g/mol. The van der Waals surface area contributed by atoms with E-state index >= 15 is 0 Å². The molecule has 5 N–H and O–H groups in total. The number of nitrogens with zero attached hydrogens (tertiary/aromatic N) is 2. The van der Waals surface area contributed by atoms with Gasteiger partial charge in [-0.1, -0.05) is 0 Å². The fourth-order valence-corrected chi connectivity index (χ4v) is 1.91. The summed E-state index contributed by atoms with van der Waals surface area (Å²) in [4.78, 5) is 17.2. The van der Waals surface area contributed by atoms with Gasteiger partial charge in [0.2, 0.25) is 5.91 Å². The van der Waals surface area contributed by atoms with Crippen molar-refractivity contribution in [1.82, 2.24) is 9.88 Å². The predicted octanol–water partition coefficient (Wildman–Crippen LogP) is 0.279. The first-order valence-electron chi connectivity index (χ1n) is 5.59. The van der Waals surface area contributed by atoms with E-state index in [2.05, 4.69) is 10.3 Å². The second kappa shape index (κ2) is 4.48. The molecule has 2 heterocycles. The molecule has 1 atom stereocenters. The third-order valence-electron chi connectivity index (χ3n) is 2.94. The Balaban J connectivity index is 2.01. The zero-order valence-corrected chi connectivity index (χ0v) is 9.81.